The molecule has 0 aliphatic carbocycles. The van der Waals surface area contributed by atoms with Crippen LogP contribution in [0.5, 0.6) is 0 Å². The number of nitrogens with two attached hydrogens (primary N) is 1. The van der Waals surface area contributed by atoms with E-state index in [0.29, 0.717) is 19.6 Å². The highest BCUT2D eigenvalue weighted by Crippen LogP contribution is 2.19. The molecule has 0 aromatic heterocycles. The second-order valence-electron chi connectivity index (χ2n) is 4.66. The number of hydrogen-bond acceptors (Lipinski definition) is 4. The minimum Gasteiger partial charge on any atom is -0.380 e. The minimum atomic E-state index is -0.803. The van der Waals surface area contributed by atoms with Crippen LogP contribution in [0.25, 0.3) is 0 Å². The fourth-order valence-electron chi connectivity index (χ4n) is 1.90. The van der Waals surface area contributed by atoms with Gasteiger partial charge in [0.15, 0.2) is 0 Å². The van der Waals surface area contributed by atoms with E-state index < -0.39 is 5.54 Å². The molecule has 6 heteroatoms. The lowest BCUT2D eigenvalue weighted by atomic mass is 9.98. The van der Waals surface area contributed by atoms with Crippen LogP contribution in [0.1, 0.15) is 20.3 Å². The lowest BCUT2D eigenvalue weighted by Crippen LogP contribution is -2.63. The van der Waals surface area contributed by atoms with E-state index in [1.165, 1.54) is 7.11 Å². The van der Waals surface area contributed by atoms with Crippen LogP contribution >= 0.6 is 0 Å². The average Bonchev–Trinajstić information content (AvgIpc) is 2.29. The van der Waals surface area contributed by atoms with Gasteiger partial charge in [-0.2, -0.15) is 0 Å². The number of piperazine rings is 1. The standard InChI is InChI=1S/C11H21N3O3/c1-11(2)10(16)13-4-5-14(11)9(15)6-8(7-12)17-3/h8H,4-7,12H2,1-3H3,(H,13,16). The van der Waals surface area contributed by atoms with Crippen LogP contribution in [-0.4, -0.2) is 55.1 Å². The number of carbonyl (C=O) groups excluding carboxylic acids is 2. The van der Waals surface area contributed by atoms with Crippen LogP contribution in [0.4, 0.5) is 0 Å². The van der Waals surface area contributed by atoms with Gasteiger partial charge in [-0.15, -0.1) is 0 Å². The fourth-order valence-corrected chi connectivity index (χ4v) is 1.90. The lowest BCUT2D eigenvalue weighted by Gasteiger charge is -2.41. The van der Waals surface area contributed by atoms with Gasteiger partial charge in [-0.3, -0.25) is 9.59 Å². The number of amides is 2. The number of nitrogens with zero attached hydrogens (tertiary/aromatic N) is 1. The summed E-state index contributed by atoms with van der Waals surface area (Å²) < 4.78 is 5.08. The van der Waals surface area contributed by atoms with E-state index >= 15 is 0 Å². The van der Waals surface area contributed by atoms with Gasteiger partial charge in [0.05, 0.1) is 12.5 Å². The summed E-state index contributed by atoms with van der Waals surface area (Å²) in [4.78, 5) is 25.4. The highest BCUT2D eigenvalue weighted by atomic mass is 16.5. The van der Waals surface area contributed by atoms with Crippen LogP contribution in [0.3, 0.4) is 0 Å². The first kappa shape index (κ1) is 13.9. The van der Waals surface area contributed by atoms with Crippen molar-refractivity contribution in [2.45, 2.75) is 31.9 Å². The molecule has 0 saturated carbocycles. The molecule has 0 spiro atoms. The summed E-state index contributed by atoms with van der Waals surface area (Å²) in [5.41, 5.74) is 4.68. The second kappa shape index (κ2) is 5.46. The Morgan fingerprint density at radius 2 is 2.29 bits per heavy atom. The number of rotatable bonds is 4. The summed E-state index contributed by atoms with van der Waals surface area (Å²) in [6.45, 7) is 4.79. The SMILES string of the molecule is COC(CN)CC(=O)N1CCNC(=O)C1(C)C. The van der Waals surface area contributed by atoms with Gasteiger partial charge >= 0.3 is 0 Å². The Balaban J connectivity index is 2.70. The quantitative estimate of drug-likeness (QED) is 0.669. The van der Waals surface area contributed by atoms with E-state index in [4.69, 9.17) is 10.5 Å². The van der Waals surface area contributed by atoms with Crippen molar-refractivity contribution in [3.8, 4) is 0 Å². The van der Waals surface area contributed by atoms with Crippen molar-refractivity contribution in [1.29, 1.82) is 0 Å². The third-order valence-corrected chi connectivity index (χ3v) is 3.15. The van der Waals surface area contributed by atoms with Crippen molar-refractivity contribution in [3.63, 3.8) is 0 Å². The molecule has 98 valence electrons. The first-order valence-electron chi connectivity index (χ1n) is 5.75. The normalized spacial score (nSPS) is 20.9. The van der Waals surface area contributed by atoms with Crippen molar-refractivity contribution in [3.05, 3.63) is 0 Å². The molecular formula is C11H21N3O3. The highest BCUT2D eigenvalue weighted by molar-refractivity contribution is 5.91. The third kappa shape index (κ3) is 2.95. The number of hydrogen-bond donors (Lipinski definition) is 2. The molecule has 0 radical (unpaired) electrons. The van der Waals surface area contributed by atoms with Gasteiger partial charge in [-0.05, 0) is 13.8 Å². The largest absolute Gasteiger partial charge is 0.380 e. The summed E-state index contributed by atoms with van der Waals surface area (Å²) in [6.07, 6.45) is -0.0766. The van der Waals surface area contributed by atoms with E-state index in [9.17, 15) is 9.59 Å². The van der Waals surface area contributed by atoms with Crippen molar-refractivity contribution >= 4 is 11.8 Å². The Kier molecular flexibility index (Phi) is 4.47. The maximum atomic E-state index is 12.1. The molecule has 6 nitrogen and oxygen atoms in total. The topological polar surface area (TPSA) is 84.7 Å². The Morgan fingerprint density at radius 3 is 2.82 bits per heavy atom. The molecule has 0 aromatic carbocycles. The van der Waals surface area contributed by atoms with E-state index in [-0.39, 0.29) is 24.3 Å². The molecule has 1 atom stereocenters. The summed E-state index contributed by atoms with van der Waals surface area (Å²) in [6, 6.07) is 0. The molecule has 17 heavy (non-hydrogen) atoms. The van der Waals surface area contributed by atoms with E-state index in [0.717, 1.165) is 0 Å². The number of nitrogens with one attached hydrogen (secondary N) is 1. The van der Waals surface area contributed by atoms with Crippen molar-refractivity contribution in [2.24, 2.45) is 5.73 Å². The van der Waals surface area contributed by atoms with Crippen LogP contribution in [0.15, 0.2) is 0 Å². The van der Waals surface area contributed by atoms with Crippen LogP contribution in [-0.2, 0) is 14.3 Å². The molecule has 2 amide bonds. The van der Waals surface area contributed by atoms with Gasteiger partial charge in [0.25, 0.3) is 0 Å². The molecule has 0 bridgehead atoms. The van der Waals surface area contributed by atoms with Crippen molar-refractivity contribution in [2.75, 3.05) is 26.7 Å². The van der Waals surface area contributed by atoms with Crippen LogP contribution in [0, 0.1) is 0 Å². The van der Waals surface area contributed by atoms with Gasteiger partial charge in [-0.25, -0.2) is 0 Å². The Hall–Kier alpha value is -1.14. The predicted molar refractivity (Wildman–Crippen MR) is 63.3 cm³/mol. The van der Waals surface area contributed by atoms with Crippen molar-refractivity contribution in [1.82, 2.24) is 10.2 Å². The zero-order valence-corrected chi connectivity index (χ0v) is 10.7. The monoisotopic (exact) mass is 243 g/mol. The Bertz CT molecular complexity index is 300. The fraction of sp³-hybridized carbons (Fsp3) is 0.818. The van der Waals surface area contributed by atoms with Gasteiger partial charge in [0.1, 0.15) is 5.54 Å². The second-order valence-corrected chi connectivity index (χ2v) is 4.66. The molecule has 1 fully saturated rings. The number of methoxy groups -OCH3 is 1. The number of ether oxygens (including phenoxy) is 1. The molecule has 1 heterocycles. The zero-order valence-electron chi connectivity index (χ0n) is 10.7. The van der Waals surface area contributed by atoms with E-state index in [1.54, 1.807) is 18.7 Å². The summed E-state index contributed by atoms with van der Waals surface area (Å²) in [7, 11) is 1.53. The predicted octanol–water partition coefficient (Wildman–Crippen LogP) is -0.913. The first-order chi connectivity index (χ1) is 7.93. The third-order valence-electron chi connectivity index (χ3n) is 3.15. The summed E-state index contributed by atoms with van der Waals surface area (Å²) in [5.74, 6) is -0.221. The Labute approximate surface area is 101 Å². The molecule has 1 saturated heterocycles. The molecule has 1 rings (SSSR count). The minimum absolute atomic E-state index is 0.0952. The molecule has 1 aliphatic heterocycles. The molecule has 3 N–H and O–H groups in total. The van der Waals surface area contributed by atoms with E-state index in [2.05, 4.69) is 5.32 Å². The maximum absolute atomic E-state index is 12.1. The van der Waals surface area contributed by atoms with Gasteiger partial charge < -0.3 is 20.7 Å². The molecule has 0 aromatic rings. The van der Waals surface area contributed by atoms with Crippen molar-refractivity contribution < 1.29 is 14.3 Å². The molecular weight excluding hydrogens is 222 g/mol. The smallest absolute Gasteiger partial charge is 0.245 e. The van der Waals surface area contributed by atoms with E-state index in [1.807, 2.05) is 0 Å². The summed E-state index contributed by atoms with van der Waals surface area (Å²) >= 11 is 0. The summed E-state index contributed by atoms with van der Waals surface area (Å²) in [5, 5.41) is 2.75. The number of carbonyl (C=O) groups is 2. The highest BCUT2D eigenvalue weighted by Gasteiger charge is 2.40. The zero-order chi connectivity index (χ0) is 13.1. The van der Waals surface area contributed by atoms with Gasteiger partial charge in [0, 0.05) is 26.7 Å². The lowest BCUT2D eigenvalue weighted by molar-refractivity contribution is -0.150. The first-order valence-corrected chi connectivity index (χ1v) is 5.75. The maximum Gasteiger partial charge on any atom is 0.245 e. The molecule has 1 unspecified atom stereocenters. The van der Waals surface area contributed by atoms with Gasteiger partial charge in [0.2, 0.25) is 11.8 Å². The average molecular weight is 243 g/mol. The van der Waals surface area contributed by atoms with Gasteiger partial charge in [-0.1, -0.05) is 0 Å². The Morgan fingerprint density at radius 1 is 1.65 bits per heavy atom. The van der Waals surface area contributed by atoms with Crippen LogP contribution < -0.4 is 11.1 Å². The molecule has 1 aliphatic rings. The van der Waals surface area contributed by atoms with Crippen LogP contribution in [0.2, 0.25) is 0 Å².